The molecular weight excluding hydrogens is 252 g/mol. The van der Waals surface area contributed by atoms with Gasteiger partial charge in [-0.15, -0.1) is 0 Å². The van der Waals surface area contributed by atoms with E-state index in [1.165, 1.54) is 11.8 Å². The van der Waals surface area contributed by atoms with E-state index < -0.39 is 0 Å². The van der Waals surface area contributed by atoms with Gasteiger partial charge >= 0.3 is 0 Å². The summed E-state index contributed by atoms with van der Waals surface area (Å²) in [5, 5.41) is 0.777. The van der Waals surface area contributed by atoms with Gasteiger partial charge in [0.25, 0.3) is 5.91 Å². The van der Waals surface area contributed by atoms with Crippen LogP contribution in [0.5, 0.6) is 0 Å². The number of pyridine rings is 1. The van der Waals surface area contributed by atoms with Gasteiger partial charge in [-0.25, -0.2) is 4.99 Å². The van der Waals surface area contributed by atoms with Gasteiger partial charge < -0.3 is 0 Å². The molecule has 0 spiro atoms. The predicted octanol–water partition coefficient (Wildman–Crippen LogP) is 1.86. The fraction of sp³-hybridized carbons (Fsp3) is 0.125. The van der Waals surface area contributed by atoms with Crippen LogP contribution in [0.15, 0.2) is 27.9 Å². The molecule has 2 rings (SSSR count). The topological polar surface area (TPSA) is 42.3 Å². The van der Waals surface area contributed by atoms with Crippen molar-refractivity contribution in [3.8, 4) is 0 Å². The molecule has 5 heteroatoms. The number of halogens is 1. The Morgan fingerprint density at radius 3 is 3.00 bits per heavy atom. The molecule has 13 heavy (non-hydrogen) atoms. The molecule has 0 aromatic carbocycles. The molecule has 0 aliphatic carbocycles. The zero-order valence-electron chi connectivity index (χ0n) is 6.53. The van der Waals surface area contributed by atoms with Gasteiger partial charge in [0.15, 0.2) is 0 Å². The molecule has 1 aromatic rings. The number of thioether (sulfide) groups is 1. The Morgan fingerprint density at radius 1 is 1.54 bits per heavy atom. The Hall–Kier alpha value is -0.680. The summed E-state index contributed by atoms with van der Waals surface area (Å²) in [4.78, 5) is 18.7. The summed E-state index contributed by atoms with van der Waals surface area (Å²) in [5.41, 5.74) is 0.936. The van der Waals surface area contributed by atoms with Gasteiger partial charge in [-0.2, -0.15) is 0 Å². The van der Waals surface area contributed by atoms with Crippen molar-refractivity contribution in [2.75, 3.05) is 5.75 Å². The molecular formula is C8H5BrN2OS. The lowest BCUT2D eigenvalue weighted by Gasteiger charge is -1.99. The Balaban J connectivity index is 2.41. The van der Waals surface area contributed by atoms with Gasteiger partial charge in [0, 0.05) is 22.4 Å². The Bertz CT molecular complexity index is 391. The van der Waals surface area contributed by atoms with E-state index in [-0.39, 0.29) is 5.91 Å². The van der Waals surface area contributed by atoms with Crippen LogP contribution in [0.2, 0.25) is 0 Å². The number of aromatic nitrogens is 1. The summed E-state index contributed by atoms with van der Waals surface area (Å²) in [6.45, 7) is 0. The van der Waals surface area contributed by atoms with Crippen molar-refractivity contribution in [2.45, 2.75) is 0 Å². The second-order valence-corrected chi connectivity index (χ2v) is 4.27. The third kappa shape index (κ3) is 1.81. The fourth-order valence-corrected chi connectivity index (χ4v) is 2.39. The van der Waals surface area contributed by atoms with Gasteiger partial charge in [0.2, 0.25) is 0 Å². The van der Waals surface area contributed by atoms with E-state index in [1.54, 1.807) is 12.4 Å². The Kier molecular flexibility index (Phi) is 2.46. The summed E-state index contributed by atoms with van der Waals surface area (Å²) >= 11 is 4.82. The zero-order chi connectivity index (χ0) is 9.26. The number of rotatable bonds is 1. The lowest BCUT2D eigenvalue weighted by molar-refractivity contribution is -0.115. The largest absolute Gasteiger partial charge is 0.272 e. The number of nitrogens with zero attached hydrogens (tertiary/aromatic N) is 2. The monoisotopic (exact) mass is 256 g/mol. The summed E-state index contributed by atoms with van der Waals surface area (Å²) in [6, 6.07) is 1.84. The van der Waals surface area contributed by atoms with E-state index >= 15 is 0 Å². The number of carbonyl (C=O) groups excluding carboxylic acids is 1. The molecule has 1 aromatic heterocycles. The van der Waals surface area contributed by atoms with Gasteiger partial charge in [0.05, 0.1) is 5.75 Å². The fourth-order valence-electron chi connectivity index (χ4n) is 0.995. The molecule has 3 nitrogen and oxygen atoms in total. The number of carbonyl (C=O) groups is 1. The van der Waals surface area contributed by atoms with Crippen molar-refractivity contribution >= 4 is 38.6 Å². The van der Waals surface area contributed by atoms with Crippen molar-refractivity contribution in [2.24, 2.45) is 4.99 Å². The van der Waals surface area contributed by atoms with Crippen LogP contribution in [0.1, 0.15) is 5.56 Å². The maximum atomic E-state index is 10.9. The number of hydrogen-bond donors (Lipinski definition) is 0. The van der Waals surface area contributed by atoms with Gasteiger partial charge in [0.1, 0.15) is 5.04 Å². The first-order valence-electron chi connectivity index (χ1n) is 3.61. The second-order valence-electron chi connectivity index (χ2n) is 2.45. The maximum Gasteiger partial charge on any atom is 0.257 e. The molecule has 0 radical (unpaired) electrons. The molecule has 1 amide bonds. The van der Waals surface area contributed by atoms with Gasteiger partial charge in [-0.3, -0.25) is 9.78 Å². The Labute approximate surface area is 87.8 Å². The smallest absolute Gasteiger partial charge is 0.257 e. The van der Waals surface area contributed by atoms with Gasteiger partial charge in [-0.1, -0.05) is 11.8 Å². The third-order valence-electron chi connectivity index (χ3n) is 1.56. The van der Waals surface area contributed by atoms with Crippen LogP contribution in [0.4, 0.5) is 0 Å². The van der Waals surface area contributed by atoms with Crippen molar-refractivity contribution in [1.29, 1.82) is 0 Å². The average Bonchev–Trinajstić information content (AvgIpc) is 2.53. The number of aliphatic imine (C=N–C) groups is 1. The molecule has 2 heterocycles. The number of amides is 1. The summed E-state index contributed by atoms with van der Waals surface area (Å²) < 4.78 is 0.871. The Morgan fingerprint density at radius 2 is 2.38 bits per heavy atom. The van der Waals surface area contributed by atoms with Crippen molar-refractivity contribution in [3.05, 3.63) is 28.5 Å². The first kappa shape index (κ1) is 8.90. The molecule has 0 saturated heterocycles. The highest BCUT2D eigenvalue weighted by Gasteiger charge is 2.17. The molecule has 1 aliphatic heterocycles. The third-order valence-corrected chi connectivity index (χ3v) is 3.17. The van der Waals surface area contributed by atoms with Crippen LogP contribution in [0.25, 0.3) is 0 Å². The van der Waals surface area contributed by atoms with Crippen LogP contribution >= 0.6 is 27.7 Å². The van der Waals surface area contributed by atoms with E-state index in [0.29, 0.717) is 5.75 Å². The lowest BCUT2D eigenvalue weighted by atomic mass is 10.3. The molecule has 0 saturated carbocycles. The maximum absolute atomic E-state index is 10.9. The lowest BCUT2D eigenvalue weighted by Crippen LogP contribution is -1.93. The highest BCUT2D eigenvalue weighted by molar-refractivity contribution is 9.10. The molecule has 0 bridgehead atoms. The molecule has 0 fully saturated rings. The first-order valence-corrected chi connectivity index (χ1v) is 5.39. The molecule has 0 atom stereocenters. The summed E-state index contributed by atoms with van der Waals surface area (Å²) in [6.07, 6.45) is 3.38. The van der Waals surface area contributed by atoms with Crippen molar-refractivity contribution < 1.29 is 4.79 Å². The average molecular weight is 257 g/mol. The van der Waals surface area contributed by atoms with Crippen LogP contribution in [0.3, 0.4) is 0 Å². The van der Waals surface area contributed by atoms with Crippen LogP contribution in [0, 0.1) is 0 Å². The van der Waals surface area contributed by atoms with E-state index in [4.69, 9.17) is 0 Å². The van der Waals surface area contributed by atoms with Crippen LogP contribution in [-0.2, 0) is 4.79 Å². The summed E-state index contributed by atoms with van der Waals surface area (Å²) in [5.74, 6) is 0.383. The number of hydrogen-bond acceptors (Lipinski definition) is 3. The summed E-state index contributed by atoms with van der Waals surface area (Å²) in [7, 11) is 0. The predicted molar refractivity (Wildman–Crippen MR) is 55.9 cm³/mol. The minimum atomic E-state index is -0.0660. The van der Waals surface area contributed by atoms with Crippen molar-refractivity contribution in [3.63, 3.8) is 0 Å². The van der Waals surface area contributed by atoms with E-state index in [2.05, 4.69) is 25.9 Å². The van der Waals surface area contributed by atoms with E-state index in [0.717, 1.165) is 15.1 Å². The molecule has 0 unspecified atom stereocenters. The normalized spacial score (nSPS) is 16.1. The standard InChI is InChI=1S/C8H5BrN2OS/c9-6-3-10-2-1-5(6)8-11-7(12)4-13-8/h1-3H,4H2. The van der Waals surface area contributed by atoms with Gasteiger partial charge in [-0.05, 0) is 22.0 Å². The SMILES string of the molecule is O=C1CSC(c2ccncc2Br)=N1. The minimum Gasteiger partial charge on any atom is -0.272 e. The van der Waals surface area contributed by atoms with Crippen LogP contribution in [-0.4, -0.2) is 21.7 Å². The minimum absolute atomic E-state index is 0.0660. The molecule has 0 N–H and O–H groups in total. The quantitative estimate of drug-likeness (QED) is 0.771. The van der Waals surface area contributed by atoms with Crippen molar-refractivity contribution in [1.82, 2.24) is 4.98 Å². The zero-order valence-corrected chi connectivity index (χ0v) is 8.93. The first-order chi connectivity index (χ1) is 6.27. The van der Waals surface area contributed by atoms with E-state index in [9.17, 15) is 4.79 Å². The second kappa shape index (κ2) is 3.59. The van der Waals surface area contributed by atoms with E-state index in [1.807, 2.05) is 6.07 Å². The van der Waals surface area contributed by atoms with Crippen LogP contribution < -0.4 is 0 Å². The molecule has 66 valence electrons. The highest BCUT2D eigenvalue weighted by Crippen LogP contribution is 2.24. The molecule has 1 aliphatic rings. The highest BCUT2D eigenvalue weighted by atomic mass is 79.9.